The largest absolute Gasteiger partial charge is 0.508 e. The molecule has 0 unspecified atom stereocenters. The van der Waals surface area contributed by atoms with Gasteiger partial charge in [-0.15, -0.1) is 10.1 Å². The van der Waals surface area contributed by atoms with Crippen molar-refractivity contribution < 1.29 is 15.4 Å². The number of phenolic OH excluding ortho intramolecular Hbond substituents is 1. The average molecular weight is 171 g/mol. The number of benzene rings is 1. The predicted molar refractivity (Wildman–Crippen MR) is 41.6 cm³/mol. The summed E-state index contributed by atoms with van der Waals surface area (Å²) in [6, 6.07) is 7.15. The number of aryl methyl sites for hydroxylation is 1. The lowest BCUT2D eigenvalue weighted by Gasteiger charge is -1.89. The van der Waals surface area contributed by atoms with Crippen LogP contribution in [-0.4, -0.2) is 15.4 Å². The first-order chi connectivity index (χ1) is 5.52. The van der Waals surface area contributed by atoms with E-state index in [1.165, 1.54) is 0 Å². The van der Waals surface area contributed by atoms with Crippen LogP contribution in [0.25, 0.3) is 0 Å². The van der Waals surface area contributed by atoms with E-state index in [4.69, 9.17) is 20.4 Å². The molecule has 0 heterocycles. The van der Waals surface area contributed by atoms with Gasteiger partial charge in [-0.2, -0.15) is 0 Å². The van der Waals surface area contributed by atoms with Gasteiger partial charge in [-0.3, -0.25) is 0 Å². The van der Waals surface area contributed by atoms with Crippen LogP contribution < -0.4 is 0 Å². The topological polar surface area (TPSA) is 83.6 Å². The zero-order valence-corrected chi connectivity index (χ0v) is 6.47. The van der Waals surface area contributed by atoms with Gasteiger partial charge >= 0.3 is 0 Å². The molecular formula is C7H9NO4. The second-order valence-corrected chi connectivity index (χ2v) is 2.08. The number of rotatable bonds is 0. The summed E-state index contributed by atoms with van der Waals surface area (Å²) in [5.41, 5.74) is 1.09. The van der Waals surface area contributed by atoms with Crippen LogP contribution in [0.5, 0.6) is 5.75 Å². The van der Waals surface area contributed by atoms with E-state index in [1.54, 1.807) is 12.1 Å². The molecule has 0 aromatic heterocycles. The van der Waals surface area contributed by atoms with Gasteiger partial charge in [-0.1, -0.05) is 12.1 Å². The van der Waals surface area contributed by atoms with E-state index >= 15 is 0 Å². The fourth-order valence-electron chi connectivity index (χ4n) is 0.628. The van der Waals surface area contributed by atoms with Crippen LogP contribution in [0.2, 0.25) is 0 Å². The lowest BCUT2D eigenvalue weighted by Crippen LogP contribution is -1.81. The van der Waals surface area contributed by atoms with Gasteiger partial charge in [0, 0.05) is 0 Å². The Labute approximate surface area is 69.0 Å². The molecule has 0 spiro atoms. The molecular weight excluding hydrogens is 162 g/mol. The van der Waals surface area contributed by atoms with E-state index in [1.807, 2.05) is 19.1 Å². The Morgan fingerprint density at radius 3 is 2.25 bits per heavy atom. The Bertz CT molecular complexity index is 240. The monoisotopic (exact) mass is 171 g/mol. The van der Waals surface area contributed by atoms with Crippen molar-refractivity contribution in [3.05, 3.63) is 39.9 Å². The fraction of sp³-hybridized carbons (Fsp3) is 0.143. The molecule has 0 amide bonds. The third kappa shape index (κ3) is 6.34. The molecule has 0 aliphatic heterocycles. The number of phenols is 1. The third-order valence-corrected chi connectivity index (χ3v) is 1.00. The van der Waals surface area contributed by atoms with Gasteiger partial charge in [0.15, 0.2) is 0 Å². The average Bonchev–Trinajstić information content (AvgIpc) is 1.84. The first-order valence-electron chi connectivity index (χ1n) is 3.11. The minimum atomic E-state index is -1.50. The molecule has 1 aromatic rings. The highest BCUT2D eigenvalue weighted by Crippen LogP contribution is 2.08. The van der Waals surface area contributed by atoms with Crippen molar-refractivity contribution in [2.75, 3.05) is 0 Å². The Morgan fingerprint density at radius 1 is 1.50 bits per heavy atom. The summed E-state index contributed by atoms with van der Waals surface area (Å²) in [5, 5.41) is 22.5. The van der Waals surface area contributed by atoms with Crippen molar-refractivity contribution in [3.63, 3.8) is 0 Å². The summed E-state index contributed by atoms with van der Waals surface area (Å²) in [6.07, 6.45) is 0. The van der Waals surface area contributed by atoms with Gasteiger partial charge in [-0.25, -0.2) is 0 Å². The maximum absolute atomic E-state index is 8.81. The highest BCUT2D eigenvalue weighted by Gasteiger charge is 1.83. The van der Waals surface area contributed by atoms with E-state index in [0.29, 0.717) is 5.75 Å². The molecule has 66 valence electrons. The first kappa shape index (κ1) is 10.2. The van der Waals surface area contributed by atoms with E-state index in [2.05, 4.69) is 0 Å². The molecule has 0 aliphatic carbocycles. The van der Waals surface area contributed by atoms with Gasteiger partial charge in [-0.05, 0) is 24.6 Å². The van der Waals surface area contributed by atoms with Crippen LogP contribution >= 0.6 is 0 Å². The number of nitrogens with zero attached hydrogens (tertiary/aromatic N) is 1. The van der Waals surface area contributed by atoms with Crippen molar-refractivity contribution >= 4 is 0 Å². The Hall–Kier alpha value is -1.78. The highest BCUT2D eigenvalue weighted by molar-refractivity contribution is 5.25. The molecule has 2 N–H and O–H groups in total. The molecule has 0 fully saturated rings. The van der Waals surface area contributed by atoms with Gasteiger partial charge in [0.1, 0.15) is 5.75 Å². The fourth-order valence-corrected chi connectivity index (χ4v) is 0.628. The van der Waals surface area contributed by atoms with Crippen molar-refractivity contribution in [3.8, 4) is 5.75 Å². The Morgan fingerprint density at radius 2 is 2.00 bits per heavy atom. The van der Waals surface area contributed by atoms with Crippen molar-refractivity contribution in [2.45, 2.75) is 6.92 Å². The summed E-state index contributed by atoms with van der Waals surface area (Å²) >= 11 is 0. The molecule has 0 radical (unpaired) electrons. The third-order valence-electron chi connectivity index (χ3n) is 1.00. The van der Waals surface area contributed by atoms with Crippen LogP contribution in [0.1, 0.15) is 5.56 Å². The van der Waals surface area contributed by atoms with Crippen molar-refractivity contribution in [2.24, 2.45) is 0 Å². The van der Waals surface area contributed by atoms with Crippen molar-refractivity contribution in [1.29, 1.82) is 0 Å². The number of aromatic hydroxyl groups is 1. The summed E-state index contributed by atoms with van der Waals surface area (Å²) < 4.78 is 0. The van der Waals surface area contributed by atoms with Gasteiger partial charge in [0.05, 0.1) is 0 Å². The minimum absolute atomic E-state index is 0.338. The zero-order chi connectivity index (χ0) is 9.56. The lowest BCUT2D eigenvalue weighted by atomic mass is 10.2. The molecule has 1 aromatic carbocycles. The molecule has 0 atom stereocenters. The summed E-state index contributed by atoms with van der Waals surface area (Å²) in [6.45, 7) is 1.94. The smallest absolute Gasteiger partial charge is 0.291 e. The predicted octanol–water partition coefficient (Wildman–Crippen LogP) is 1.35. The van der Waals surface area contributed by atoms with Crippen LogP contribution in [0.15, 0.2) is 24.3 Å². The normalized spacial score (nSPS) is 8.08. The maximum atomic E-state index is 8.81. The molecule has 0 saturated carbocycles. The highest BCUT2D eigenvalue weighted by atomic mass is 16.9. The minimum Gasteiger partial charge on any atom is -0.508 e. The van der Waals surface area contributed by atoms with Gasteiger partial charge < -0.3 is 10.3 Å². The lowest BCUT2D eigenvalue weighted by molar-refractivity contribution is -0.742. The van der Waals surface area contributed by atoms with E-state index < -0.39 is 5.09 Å². The molecule has 1 rings (SSSR count). The van der Waals surface area contributed by atoms with E-state index in [0.717, 1.165) is 5.56 Å². The van der Waals surface area contributed by atoms with E-state index in [-0.39, 0.29) is 0 Å². The number of hydrogen-bond donors (Lipinski definition) is 2. The second kappa shape index (κ2) is 4.95. The Kier molecular flexibility index (Phi) is 4.21. The molecule has 0 bridgehead atoms. The molecule has 0 aliphatic rings. The second-order valence-electron chi connectivity index (χ2n) is 2.08. The number of hydrogen-bond acceptors (Lipinski definition) is 3. The summed E-state index contributed by atoms with van der Waals surface area (Å²) in [5.74, 6) is 0.338. The van der Waals surface area contributed by atoms with Crippen LogP contribution in [0.4, 0.5) is 0 Å². The zero-order valence-electron chi connectivity index (χ0n) is 6.47. The molecule has 5 nitrogen and oxygen atoms in total. The maximum Gasteiger partial charge on any atom is 0.291 e. The molecule has 12 heavy (non-hydrogen) atoms. The molecule has 5 heteroatoms. The van der Waals surface area contributed by atoms with Gasteiger partial charge in [0.25, 0.3) is 5.09 Å². The van der Waals surface area contributed by atoms with Crippen LogP contribution in [-0.2, 0) is 0 Å². The Balaban J connectivity index is 0.000000261. The standard InChI is InChI=1S/C7H8O.HNO3/c1-6-3-2-4-7(8)5-6;2-1(3)4/h2-5,8H,1H3;(H,2,3,4). The summed E-state index contributed by atoms with van der Waals surface area (Å²) in [7, 11) is 0. The van der Waals surface area contributed by atoms with E-state index in [9.17, 15) is 0 Å². The van der Waals surface area contributed by atoms with Crippen LogP contribution in [0, 0.1) is 17.0 Å². The quantitative estimate of drug-likeness (QED) is 0.456. The SMILES string of the molecule is Cc1cccc(O)c1.O=[N+]([O-])O. The van der Waals surface area contributed by atoms with Gasteiger partial charge in [0.2, 0.25) is 0 Å². The van der Waals surface area contributed by atoms with Crippen molar-refractivity contribution in [1.82, 2.24) is 0 Å². The summed E-state index contributed by atoms with van der Waals surface area (Å²) in [4.78, 5) is 8.36. The van der Waals surface area contributed by atoms with Crippen LogP contribution in [0.3, 0.4) is 0 Å². The molecule has 0 saturated heterocycles. The first-order valence-corrected chi connectivity index (χ1v) is 3.11.